The number of pyridine rings is 1. The summed E-state index contributed by atoms with van der Waals surface area (Å²) in [6, 6.07) is 19.2. The molecule has 0 unspecified atom stereocenters. The molecule has 6 heteroatoms. The smallest absolute Gasteiger partial charge is 0.255 e. The second-order valence-corrected chi connectivity index (χ2v) is 6.99. The van der Waals surface area contributed by atoms with Gasteiger partial charge in [0.15, 0.2) is 0 Å². The number of hydrogen-bond donors (Lipinski definition) is 2. The quantitative estimate of drug-likeness (QED) is 0.548. The minimum atomic E-state index is -0.267. The Balaban J connectivity index is 1.57. The van der Waals surface area contributed by atoms with Crippen LogP contribution in [0.15, 0.2) is 60.7 Å². The monoisotopic (exact) mass is 405 g/mol. The van der Waals surface area contributed by atoms with Crippen molar-refractivity contribution in [2.75, 3.05) is 12.8 Å². The number of aromatic nitrogens is 1. The van der Waals surface area contributed by atoms with Crippen LogP contribution in [0.5, 0.6) is 11.5 Å². The lowest BCUT2D eigenvalue weighted by molar-refractivity contribution is 0.0951. The van der Waals surface area contributed by atoms with E-state index >= 15 is 0 Å². The van der Waals surface area contributed by atoms with Crippen molar-refractivity contribution in [3.8, 4) is 11.5 Å². The molecule has 156 valence electrons. The first kappa shape index (κ1) is 21.3. The van der Waals surface area contributed by atoms with Crippen molar-refractivity contribution in [2.45, 2.75) is 32.9 Å². The van der Waals surface area contributed by atoms with E-state index in [-0.39, 0.29) is 11.7 Å². The lowest BCUT2D eigenvalue weighted by Crippen LogP contribution is -2.24. The average Bonchev–Trinajstić information content (AvgIpc) is 2.74. The van der Waals surface area contributed by atoms with E-state index in [4.69, 9.17) is 15.2 Å². The maximum Gasteiger partial charge on any atom is 0.255 e. The molecule has 0 spiro atoms. The number of aryl methyl sites for hydroxylation is 1. The first-order chi connectivity index (χ1) is 14.6. The number of carbonyl (C=O) groups excluding carboxylic acids is 1. The van der Waals surface area contributed by atoms with Crippen molar-refractivity contribution in [2.24, 2.45) is 0 Å². The Morgan fingerprint density at radius 1 is 1.03 bits per heavy atom. The highest BCUT2D eigenvalue weighted by molar-refractivity contribution is 5.98. The molecule has 0 aliphatic rings. The first-order valence-electron chi connectivity index (χ1n) is 9.97. The Morgan fingerprint density at radius 3 is 2.53 bits per heavy atom. The van der Waals surface area contributed by atoms with E-state index in [1.807, 2.05) is 36.4 Å². The molecule has 0 fully saturated rings. The molecule has 0 bridgehead atoms. The molecular formula is C24H27N3O3. The molecule has 1 amide bonds. The predicted octanol–water partition coefficient (Wildman–Crippen LogP) is 4.49. The van der Waals surface area contributed by atoms with Crippen LogP contribution in [0.3, 0.4) is 0 Å². The second-order valence-electron chi connectivity index (χ2n) is 6.99. The fourth-order valence-electron chi connectivity index (χ4n) is 3.08. The summed E-state index contributed by atoms with van der Waals surface area (Å²) in [7, 11) is 1.58. The van der Waals surface area contributed by atoms with Gasteiger partial charge in [-0.05, 0) is 53.9 Å². The summed E-state index contributed by atoms with van der Waals surface area (Å²) in [5, 5.41) is 2.87. The molecule has 3 aromatic rings. The highest BCUT2D eigenvalue weighted by Gasteiger charge is 2.11. The van der Waals surface area contributed by atoms with Crippen molar-refractivity contribution >= 4 is 11.7 Å². The van der Waals surface area contributed by atoms with Crippen LogP contribution >= 0.6 is 0 Å². The van der Waals surface area contributed by atoms with Gasteiger partial charge in [0.25, 0.3) is 5.91 Å². The number of rotatable bonds is 9. The molecule has 30 heavy (non-hydrogen) atoms. The molecule has 0 radical (unpaired) electrons. The number of amides is 1. The molecule has 0 atom stereocenters. The Labute approximate surface area is 177 Å². The van der Waals surface area contributed by atoms with Crippen LogP contribution in [0.1, 0.15) is 40.5 Å². The zero-order chi connectivity index (χ0) is 21.3. The fraction of sp³-hybridized carbons (Fsp3) is 0.250. The molecule has 3 N–H and O–H groups in total. The number of methoxy groups -OCH3 is 1. The molecule has 0 aliphatic heterocycles. The fourth-order valence-corrected chi connectivity index (χ4v) is 3.08. The summed E-state index contributed by atoms with van der Waals surface area (Å²) in [6.07, 6.45) is 2.13. The van der Waals surface area contributed by atoms with Crippen molar-refractivity contribution in [3.05, 3.63) is 83.0 Å². The Bertz CT molecular complexity index is 987. The van der Waals surface area contributed by atoms with Crippen LogP contribution in [0.25, 0.3) is 0 Å². The number of anilines is 1. The Hall–Kier alpha value is -3.38. The normalized spacial score (nSPS) is 10.6. The predicted molar refractivity (Wildman–Crippen MR) is 117 cm³/mol. The van der Waals surface area contributed by atoms with Gasteiger partial charge < -0.3 is 20.5 Å². The van der Waals surface area contributed by atoms with E-state index in [9.17, 15) is 4.79 Å². The first-order valence-corrected chi connectivity index (χ1v) is 9.97. The minimum Gasteiger partial charge on any atom is -0.457 e. The van der Waals surface area contributed by atoms with E-state index < -0.39 is 0 Å². The number of nitrogen functional groups attached to an aromatic ring is 1. The number of carbonyl (C=O) groups is 1. The molecule has 0 aliphatic carbocycles. The van der Waals surface area contributed by atoms with Gasteiger partial charge in [-0.3, -0.25) is 4.79 Å². The van der Waals surface area contributed by atoms with Crippen molar-refractivity contribution in [1.82, 2.24) is 10.3 Å². The van der Waals surface area contributed by atoms with E-state index in [1.165, 1.54) is 5.56 Å². The zero-order valence-corrected chi connectivity index (χ0v) is 17.4. The maximum atomic E-state index is 12.4. The molecule has 2 aromatic carbocycles. The van der Waals surface area contributed by atoms with Crippen LogP contribution in [-0.2, 0) is 24.3 Å². The summed E-state index contributed by atoms with van der Waals surface area (Å²) < 4.78 is 11.0. The molecule has 3 rings (SSSR count). The van der Waals surface area contributed by atoms with Gasteiger partial charge in [0, 0.05) is 13.7 Å². The second kappa shape index (κ2) is 10.4. The zero-order valence-electron chi connectivity index (χ0n) is 17.4. The number of nitrogens with zero attached hydrogens (tertiary/aromatic N) is 1. The SMILES string of the molecule is CCCc1cccc(Oc2ccc(CNC(=O)c3ccc(COC)nc3N)cc2)c1. The number of ether oxygens (including phenoxy) is 2. The van der Waals surface area contributed by atoms with Crippen LogP contribution in [0.4, 0.5) is 5.82 Å². The molecular weight excluding hydrogens is 378 g/mol. The maximum absolute atomic E-state index is 12.4. The third-order valence-electron chi connectivity index (χ3n) is 4.57. The summed E-state index contributed by atoms with van der Waals surface area (Å²) in [6.45, 7) is 2.89. The highest BCUT2D eigenvalue weighted by Crippen LogP contribution is 2.23. The van der Waals surface area contributed by atoms with Crippen LogP contribution < -0.4 is 15.8 Å². The topological polar surface area (TPSA) is 86.5 Å². The minimum absolute atomic E-state index is 0.191. The number of nitrogens with one attached hydrogen (secondary N) is 1. The lowest BCUT2D eigenvalue weighted by atomic mass is 10.1. The van der Waals surface area contributed by atoms with Crippen molar-refractivity contribution < 1.29 is 14.3 Å². The summed E-state index contributed by atoms with van der Waals surface area (Å²) in [4.78, 5) is 16.6. The number of benzene rings is 2. The van der Waals surface area contributed by atoms with E-state index in [1.54, 1.807) is 19.2 Å². The van der Waals surface area contributed by atoms with Gasteiger partial charge in [0.2, 0.25) is 0 Å². The largest absolute Gasteiger partial charge is 0.457 e. The van der Waals surface area contributed by atoms with E-state index in [0.29, 0.717) is 24.4 Å². The highest BCUT2D eigenvalue weighted by atomic mass is 16.5. The third kappa shape index (κ3) is 5.81. The van der Waals surface area contributed by atoms with E-state index in [2.05, 4.69) is 29.4 Å². The molecule has 1 aromatic heterocycles. The van der Waals surface area contributed by atoms with Gasteiger partial charge in [-0.25, -0.2) is 4.98 Å². The van der Waals surface area contributed by atoms with Crippen LogP contribution in [-0.4, -0.2) is 18.0 Å². The third-order valence-corrected chi connectivity index (χ3v) is 4.57. The van der Waals surface area contributed by atoms with Gasteiger partial charge in [-0.1, -0.05) is 37.6 Å². The Kier molecular flexibility index (Phi) is 7.40. The molecule has 0 saturated carbocycles. The average molecular weight is 405 g/mol. The van der Waals surface area contributed by atoms with Crippen LogP contribution in [0, 0.1) is 0 Å². The lowest BCUT2D eigenvalue weighted by Gasteiger charge is -2.10. The van der Waals surface area contributed by atoms with Gasteiger partial charge in [-0.2, -0.15) is 0 Å². The Morgan fingerprint density at radius 2 is 1.83 bits per heavy atom. The van der Waals surface area contributed by atoms with Gasteiger partial charge in [-0.15, -0.1) is 0 Å². The van der Waals surface area contributed by atoms with Gasteiger partial charge in [0.05, 0.1) is 17.9 Å². The molecule has 6 nitrogen and oxygen atoms in total. The molecule has 1 heterocycles. The summed E-state index contributed by atoms with van der Waals surface area (Å²) in [5.74, 6) is 1.50. The van der Waals surface area contributed by atoms with E-state index in [0.717, 1.165) is 29.9 Å². The van der Waals surface area contributed by atoms with Gasteiger partial charge >= 0.3 is 0 Å². The molecule has 0 saturated heterocycles. The van der Waals surface area contributed by atoms with Crippen molar-refractivity contribution in [3.63, 3.8) is 0 Å². The summed E-state index contributed by atoms with van der Waals surface area (Å²) in [5.41, 5.74) is 9.15. The summed E-state index contributed by atoms with van der Waals surface area (Å²) >= 11 is 0. The number of hydrogen-bond acceptors (Lipinski definition) is 5. The van der Waals surface area contributed by atoms with Crippen LogP contribution in [0.2, 0.25) is 0 Å². The number of nitrogens with two attached hydrogens (primary N) is 1. The standard InChI is InChI=1S/C24H27N3O3/c1-3-5-17-6-4-7-21(14-17)30-20-11-8-18(9-12-20)15-26-24(28)22-13-10-19(16-29-2)27-23(22)25/h4,6-14H,3,5,15-16H2,1-2H3,(H2,25,27)(H,26,28). The van der Waals surface area contributed by atoms with Gasteiger partial charge in [0.1, 0.15) is 17.3 Å². The van der Waals surface area contributed by atoms with Crippen molar-refractivity contribution in [1.29, 1.82) is 0 Å².